The third-order valence-electron chi connectivity index (χ3n) is 3.46. The molecule has 0 radical (unpaired) electrons. The summed E-state index contributed by atoms with van der Waals surface area (Å²) in [5.41, 5.74) is 0.279. The highest BCUT2D eigenvalue weighted by molar-refractivity contribution is 9.10. The molecule has 1 fully saturated rings. The van der Waals surface area contributed by atoms with Crippen molar-refractivity contribution in [2.45, 2.75) is 25.4 Å². The number of sulfone groups is 1. The zero-order valence-corrected chi connectivity index (χ0v) is 13.3. The molecule has 6 nitrogen and oxygen atoms in total. The summed E-state index contributed by atoms with van der Waals surface area (Å²) in [6.45, 7) is 2.25. The van der Waals surface area contributed by atoms with Gasteiger partial charge in [0.1, 0.15) is 0 Å². The Hall–Kier alpha value is -0.990. The van der Waals surface area contributed by atoms with Crippen LogP contribution in [0.3, 0.4) is 0 Å². The molecule has 1 N–H and O–H groups in total. The van der Waals surface area contributed by atoms with Crippen LogP contribution in [0, 0.1) is 10.1 Å². The Kier molecular flexibility index (Phi) is 4.17. The number of hydrogen-bond donors (Lipinski definition) is 1. The first-order chi connectivity index (χ1) is 9.22. The van der Waals surface area contributed by atoms with Crippen molar-refractivity contribution in [2.24, 2.45) is 0 Å². The minimum absolute atomic E-state index is 0.00787. The fourth-order valence-corrected chi connectivity index (χ4v) is 4.97. The van der Waals surface area contributed by atoms with Gasteiger partial charge >= 0.3 is 0 Å². The van der Waals surface area contributed by atoms with E-state index in [0.717, 1.165) is 5.56 Å². The zero-order valence-electron chi connectivity index (χ0n) is 10.9. The van der Waals surface area contributed by atoms with Crippen LogP contribution in [0.4, 0.5) is 5.69 Å². The van der Waals surface area contributed by atoms with E-state index in [0.29, 0.717) is 17.4 Å². The maximum absolute atomic E-state index is 11.5. The van der Waals surface area contributed by atoms with Gasteiger partial charge in [-0.3, -0.25) is 10.1 Å². The fourth-order valence-electron chi connectivity index (χ4n) is 2.30. The lowest BCUT2D eigenvalue weighted by Gasteiger charge is -2.24. The minimum Gasteiger partial charge on any atom is -0.306 e. The Labute approximate surface area is 125 Å². The van der Waals surface area contributed by atoms with E-state index in [4.69, 9.17) is 0 Å². The number of rotatable bonds is 4. The van der Waals surface area contributed by atoms with Gasteiger partial charge in [0.05, 0.1) is 20.9 Å². The third-order valence-corrected chi connectivity index (χ3v) is 6.28. The number of nitrogens with one attached hydrogen (secondary N) is 1. The number of nitro benzene ring substituents is 1. The quantitative estimate of drug-likeness (QED) is 0.653. The van der Waals surface area contributed by atoms with Crippen molar-refractivity contribution in [3.63, 3.8) is 0 Å². The molecule has 1 aromatic carbocycles. The molecule has 20 heavy (non-hydrogen) atoms. The number of halogens is 1. The number of benzene rings is 1. The van der Waals surface area contributed by atoms with Crippen LogP contribution in [0.5, 0.6) is 0 Å². The summed E-state index contributed by atoms with van der Waals surface area (Å²) < 4.78 is 23.5. The maximum atomic E-state index is 11.5. The standard InChI is InChI=1S/C12H15BrN2O4S/c1-12(5-6-20(18,19)8-12)14-7-9-3-2-4-10(11(9)13)15(16)17/h2-4,14H,5-8H2,1H3. The molecule has 0 aliphatic carbocycles. The van der Waals surface area contributed by atoms with Gasteiger partial charge in [-0.1, -0.05) is 12.1 Å². The van der Waals surface area contributed by atoms with Crippen molar-refractivity contribution >= 4 is 31.5 Å². The Morgan fingerprint density at radius 1 is 1.50 bits per heavy atom. The largest absolute Gasteiger partial charge is 0.306 e. The van der Waals surface area contributed by atoms with Crippen LogP contribution in [0.25, 0.3) is 0 Å². The molecular formula is C12H15BrN2O4S. The number of hydrogen-bond acceptors (Lipinski definition) is 5. The predicted molar refractivity (Wildman–Crippen MR) is 79.3 cm³/mol. The zero-order chi connectivity index (χ0) is 15.0. The van der Waals surface area contributed by atoms with Crippen LogP contribution in [0.2, 0.25) is 0 Å². The Morgan fingerprint density at radius 3 is 2.75 bits per heavy atom. The second-order valence-electron chi connectivity index (χ2n) is 5.26. The van der Waals surface area contributed by atoms with Crippen molar-refractivity contribution in [3.05, 3.63) is 38.3 Å². The van der Waals surface area contributed by atoms with Gasteiger partial charge in [-0.05, 0) is 34.8 Å². The van der Waals surface area contributed by atoms with E-state index in [-0.39, 0.29) is 17.2 Å². The van der Waals surface area contributed by atoms with Crippen LogP contribution < -0.4 is 5.32 Å². The van der Waals surface area contributed by atoms with Crippen LogP contribution in [0.15, 0.2) is 22.7 Å². The molecule has 1 saturated heterocycles. The second kappa shape index (κ2) is 5.42. The van der Waals surface area contributed by atoms with Gasteiger partial charge in [0.15, 0.2) is 9.84 Å². The molecule has 1 aromatic rings. The smallest absolute Gasteiger partial charge is 0.283 e. The van der Waals surface area contributed by atoms with Crippen molar-refractivity contribution < 1.29 is 13.3 Å². The molecule has 1 unspecified atom stereocenters. The average Bonchev–Trinajstić information content (AvgIpc) is 2.62. The topological polar surface area (TPSA) is 89.3 Å². The summed E-state index contributed by atoms with van der Waals surface area (Å²) in [7, 11) is -2.97. The van der Waals surface area contributed by atoms with E-state index >= 15 is 0 Å². The summed E-state index contributed by atoms with van der Waals surface area (Å²) in [6.07, 6.45) is 0.557. The molecule has 1 aliphatic heterocycles. The monoisotopic (exact) mass is 362 g/mol. The molecule has 1 atom stereocenters. The first-order valence-corrected chi connectivity index (χ1v) is 8.71. The highest BCUT2D eigenvalue weighted by Gasteiger charge is 2.37. The number of nitro groups is 1. The molecule has 110 valence electrons. The van der Waals surface area contributed by atoms with E-state index in [2.05, 4.69) is 21.2 Å². The molecule has 0 amide bonds. The highest BCUT2D eigenvalue weighted by atomic mass is 79.9. The lowest BCUT2D eigenvalue weighted by Crippen LogP contribution is -2.42. The highest BCUT2D eigenvalue weighted by Crippen LogP contribution is 2.29. The van der Waals surface area contributed by atoms with Crippen LogP contribution in [0.1, 0.15) is 18.9 Å². The summed E-state index contributed by atoms with van der Waals surface area (Å²) in [4.78, 5) is 10.4. The molecule has 1 heterocycles. The minimum atomic E-state index is -2.97. The first-order valence-electron chi connectivity index (χ1n) is 6.10. The third kappa shape index (κ3) is 3.36. The summed E-state index contributed by atoms with van der Waals surface area (Å²) in [5.74, 6) is 0.291. The van der Waals surface area contributed by atoms with E-state index in [1.807, 2.05) is 6.92 Å². The molecular weight excluding hydrogens is 348 g/mol. The molecule has 0 aromatic heterocycles. The van der Waals surface area contributed by atoms with Crippen molar-refractivity contribution in [1.82, 2.24) is 5.32 Å². The van der Waals surface area contributed by atoms with Gasteiger partial charge in [0.25, 0.3) is 5.69 Å². The lowest BCUT2D eigenvalue weighted by molar-refractivity contribution is -0.385. The molecule has 0 spiro atoms. The van der Waals surface area contributed by atoms with Crippen molar-refractivity contribution in [3.8, 4) is 0 Å². The average molecular weight is 363 g/mol. The SMILES string of the molecule is CC1(NCc2cccc([N+](=O)[O-])c2Br)CCS(=O)(=O)C1. The molecule has 8 heteroatoms. The van der Waals surface area contributed by atoms with Gasteiger partial charge < -0.3 is 5.32 Å². The van der Waals surface area contributed by atoms with E-state index in [1.165, 1.54) is 6.07 Å². The van der Waals surface area contributed by atoms with Crippen LogP contribution in [-0.4, -0.2) is 30.4 Å². The first kappa shape index (κ1) is 15.4. The lowest BCUT2D eigenvalue weighted by atomic mass is 10.0. The molecule has 1 aliphatic rings. The van der Waals surface area contributed by atoms with E-state index in [1.54, 1.807) is 12.1 Å². The summed E-state index contributed by atoms with van der Waals surface area (Å²) in [5, 5.41) is 14.1. The molecule has 0 saturated carbocycles. The summed E-state index contributed by atoms with van der Waals surface area (Å²) >= 11 is 3.23. The Balaban J connectivity index is 2.12. The van der Waals surface area contributed by atoms with Gasteiger partial charge in [0.2, 0.25) is 0 Å². The van der Waals surface area contributed by atoms with Crippen LogP contribution in [-0.2, 0) is 16.4 Å². The van der Waals surface area contributed by atoms with Crippen LogP contribution >= 0.6 is 15.9 Å². The predicted octanol–water partition coefficient (Wildman–Crippen LogP) is 2.02. The van der Waals surface area contributed by atoms with Gasteiger partial charge in [-0.2, -0.15) is 0 Å². The molecule has 0 bridgehead atoms. The van der Waals surface area contributed by atoms with Crippen molar-refractivity contribution in [1.29, 1.82) is 0 Å². The van der Waals surface area contributed by atoms with Gasteiger partial charge in [-0.15, -0.1) is 0 Å². The Bertz CT molecular complexity index is 647. The van der Waals surface area contributed by atoms with Crippen molar-refractivity contribution in [2.75, 3.05) is 11.5 Å². The van der Waals surface area contributed by atoms with Gasteiger partial charge in [-0.25, -0.2) is 8.42 Å². The fraction of sp³-hybridized carbons (Fsp3) is 0.500. The Morgan fingerprint density at radius 2 is 2.20 bits per heavy atom. The normalized spacial score (nSPS) is 24.7. The summed E-state index contributed by atoms with van der Waals surface area (Å²) in [6, 6.07) is 4.82. The second-order valence-corrected chi connectivity index (χ2v) is 8.24. The van der Waals surface area contributed by atoms with E-state index < -0.39 is 20.3 Å². The maximum Gasteiger partial charge on any atom is 0.283 e. The molecule has 2 rings (SSSR count). The van der Waals surface area contributed by atoms with Gasteiger partial charge in [0, 0.05) is 18.2 Å². The number of nitrogens with zero attached hydrogens (tertiary/aromatic N) is 1. The van der Waals surface area contributed by atoms with E-state index in [9.17, 15) is 18.5 Å².